The van der Waals surface area contributed by atoms with Crippen LogP contribution in [0.5, 0.6) is 5.75 Å². The lowest BCUT2D eigenvalue weighted by Crippen LogP contribution is -2.22. The Morgan fingerprint density at radius 2 is 1.94 bits per heavy atom. The number of hydrogen-bond acceptors (Lipinski definition) is 3. The van der Waals surface area contributed by atoms with Gasteiger partial charge in [-0.05, 0) is 32.0 Å². The molecule has 0 N–H and O–H groups in total. The predicted molar refractivity (Wildman–Crippen MR) is 76.9 cm³/mol. The van der Waals surface area contributed by atoms with Crippen molar-refractivity contribution in [3.05, 3.63) is 29.5 Å². The molecule has 0 saturated heterocycles. The molecule has 4 heteroatoms. The smallest absolute Gasteiger partial charge is 0.136 e. The largest absolute Gasteiger partial charge is 0.497 e. The van der Waals surface area contributed by atoms with Crippen molar-refractivity contribution in [2.75, 3.05) is 25.1 Å². The van der Waals surface area contributed by atoms with E-state index in [-0.39, 0.29) is 0 Å². The molecule has 1 heterocycles. The molecule has 0 aliphatic rings. The van der Waals surface area contributed by atoms with Crippen LogP contribution in [0, 0.1) is 0 Å². The SMILES string of the molecule is CCN(CC)c1cnc(Cl)c2ccc(OC)cc12. The molecule has 2 aromatic rings. The fourth-order valence-corrected chi connectivity index (χ4v) is 2.33. The third-order valence-corrected chi connectivity index (χ3v) is 3.43. The van der Waals surface area contributed by atoms with Crippen LogP contribution < -0.4 is 9.64 Å². The zero-order valence-electron chi connectivity index (χ0n) is 10.9. The summed E-state index contributed by atoms with van der Waals surface area (Å²) in [6, 6.07) is 5.87. The van der Waals surface area contributed by atoms with E-state index >= 15 is 0 Å². The first-order chi connectivity index (χ1) is 8.71. The molecule has 2 rings (SSSR count). The lowest BCUT2D eigenvalue weighted by Gasteiger charge is -2.22. The number of nitrogens with zero attached hydrogens (tertiary/aromatic N) is 2. The number of anilines is 1. The zero-order chi connectivity index (χ0) is 13.1. The molecule has 96 valence electrons. The number of benzene rings is 1. The topological polar surface area (TPSA) is 25.4 Å². The summed E-state index contributed by atoms with van der Waals surface area (Å²) in [6.07, 6.45) is 1.83. The molecule has 18 heavy (non-hydrogen) atoms. The van der Waals surface area contributed by atoms with Crippen molar-refractivity contribution < 1.29 is 4.74 Å². The maximum absolute atomic E-state index is 6.15. The molecular weight excluding hydrogens is 248 g/mol. The minimum absolute atomic E-state index is 0.531. The van der Waals surface area contributed by atoms with E-state index in [9.17, 15) is 0 Å². The Morgan fingerprint density at radius 3 is 2.56 bits per heavy atom. The Bertz CT molecular complexity index is 553. The van der Waals surface area contributed by atoms with Gasteiger partial charge in [-0.15, -0.1) is 0 Å². The Kier molecular flexibility index (Phi) is 3.92. The van der Waals surface area contributed by atoms with Gasteiger partial charge >= 0.3 is 0 Å². The lowest BCUT2D eigenvalue weighted by atomic mass is 10.1. The summed E-state index contributed by atoms with van der Waals surface area (Å²) in [5.74, 6) is 0.832. The Labute approximate surface area is 112 Å². The highest BCUT2D eigenvalue weighted by Crippen LogP contribution is 2.32. The average molecular weight is 265 g/mol. The molecule has 0 radical (unpaired) electrons. The molecule has 0 saturated carbocycles. The van der Waals surface area contributed by atoms with Gasteiger partial charge < -0.3 is 9.64 Å². The molecule has 1 aromatic carbocycles. The summed E-state index contributed by atoms with van der Waals surface area (Å²) in [5.41, 5.74) is 1.10. The third kappa shape index (κ3) is 2.23. The highest BCUT2D eigenvalue weighted by atomic mass is 35.5. The molecule has 0 aliphatic carbocycles. The van der Waals surface area contributed by atoms with Crippen molar-refractivity contribution >= 4 is 28.1 Å². The molecule has 1 aromatic heterocycles. The molecule has 0 spiro atoms. The first kappa shape index (κ1) is 13.0. The van der Waals surface area contributed by atoms with E-state index in [1.807, 2.05) is 24.4 Å². The van der Waals surface area contributed by atoms with Crippen LogP contribution >= 0.6 is 11.6 Å². The molecule has 0 bridgehead atoms. The number of ether oxygens (including phenoxy) is 1. The number of aromatic nitrogens is 1. The van der Waals surface area contributed by atoms with Crippen LogP contribution in [0.4, 0.5) is 5.69 Å². The monoisotopic (exact) mass is 264 g/mol. The van der Waals surface area contributed by atoms with Gasteiger partial charge in [-0.2, -0.15) is 0 Å². The second-order valence-corrected chi connectivity index (χ2v) is 4.38. The van der Waals surface area contributed by atoms with Gasteiger partial charge in [0.15, 0.2) is 0 Å². The summed E-state index contributed by atoms with van der Waals surface area (Å²) in [7, 11) is 1.67. The average Bonchev–Trinajstić information content (AvgIpc) is 2.42. The summed E-state index contributed by atoms with van der Waals surface area (Å²) < 4.78 is 5.28. The molecule has 0 atom stereocenters. The summed E-state index contributed by atoms with van der Waals surface area (Å²) >= 11 is 6.15. The van der Waals surface area contributed by atoms with Crippen molar-refractivity contribution in [3.63, 3.8) is 0 Å². The summed E-state index contributed by atoms with van der Waals surface area (Å²) in [6.45, 7) is 6.13. The van der Waals surface area contributed by atoms with E-state index in [4.69, 9.17) is 16.3 Å². The number of halogens is 1. The van der Waals surface area contributed by atoms with Crippen LogP contribution in [0.1, 0.15) is 13.8 Å². The van der Waals surface area contributed by atoms with Crippen molar-refractivity contribution in [1.29, 1.82) is 0 Å². The molecular formula is C14H17ClN2O. The fourth-order valence-electron chi connectivity index (χ4n) is 2.12. The minimum atomic E-state index is 0.531. The number of rotatable bonds is 4. The third-order valence-electron chi connectivity index (χ3n) is 3.13. The maximum atomic E-state index is 6.15. The first-order valence-corrected chi connectivity index (χ1v) is 6.46. The fraction of sp³-hybridized carbons (Fsp3) is 0.357. The van der Waals surface area contributed by atoms with Crippen LogP contribution in [0.3, 0.4) is 0 Å². The standard InChI is InChI=1S/C14H17ClN2O/c1-4-17(5-2)13-9-16-14(15)11-7-6-10(18-3)8-12(11)13/h6-9H,4-5H2,1-3H3. The molecule has 3 nitrogen and oxygen atoms in total. The Balaban J connectivity index is 2.69. The summed E-state index contributed by atoms with van der Waals surface area (Å²) in [5, 5.41) is 2.57. The Morgan fingerprint density at radius 1 is 1.22 bits per heavy atom. The van der Waals surface area contributed by atoms with E-state index in [2.05, 4.69) is 23.7 Å². The van der Waals surface area contributed by atoms with Crippen LogP contribution in [0.15, 0.2) is 24.4 Å². The quantitative estimate of drug-likeness (QED) is 0.787. The van der Waals surface area contributed by atoms with Gasteiger partial charge in [0.25, 0.3) is 0 Å². The second-order valence-electron chi connectivity index (χ2n) is 4.02. The molecule has 0 unspecified atom stereocenters. The number of pyridine rings is 1. The van der Waals surface area contributed by atoms with Crippen LogP contribution in [0.25, 0.3) is 10.8 Å². The first-order valence-electron chi connectivity index (χ1n) is 6.08. The minimum Gasteiger partial charge on any atom is -0.497 e. The van der Waals surface area contributed by atoms with Crippen molar-refractivity contribution in [2.24, 2.45) is 0 Å². The number of fused-ring (bicyclic) bond motifs is 1. The second kappa shape index (κ2) is 5.44. The van der Waals surface area contributed by atoms with E-state index < -0.39 is 0 Å². The van der Waals surface area contributed by atoms with Crippen molar-refractivity contribution in [3.8, 4) is 5.75 Å². The normalized spacial score (nSPS) is 10.7. The zero-order valence-corrected chi connectivity index (χ0v) is 11.7. The number of hydrogen-bond donors (Lipinski definition) is 0. The van der Waals surface area contributed by atoms with Crippen LogP contribution in [0.2, 0.25) is 5.15 Å². The lowest BCUT2D eigenvalue weighted by molar-refractivity contribution is 0.415. The highest BCUT2D eigenvalue weighted by Gasteiger charge is 2.11. The summed E-state index contributed by atoms with van der Waals surface area (Å²) in [4.78, 5) is 6.52. The molecule has 0 aliphatic heterocycles. The van der Waals surface area contributed by atoms with Gasteiger partial charge in [-0.1, -0.05) is 11.6 Å². The van der Waals surface area contributed by atoms with Gasteiger partial charge in [-0.3, -0.25) is 0 Å². The van der Waals surface area contributed by atoms with Gasteiger partial charge in [0.2, 0.25) is 0 Å². The van der Waals surface area contributed by atoms with Crippen LogP contribution in [-0.2, 0) is 0 Å². The maximum Gasteiger partial charge on any atom is 0.136 e. The molecule has 0 fully saturated rings. The van der Waals surface area contributed by atoms with Gasteiger partial charge in [0, 0.05) is 23.9 Å². The van der Waals surface area contributed by atoms with E-state index in [1.54, 1.807) is 7.11 Å². The van der Waals surface area contributed by atoms with Gasteiger partial charge in [0.1, 0.15) is 10.9 Å². The van der Waals surface area contributed by atoms with Crippen molar-refractivity contribution in [1.82, 2.24) is 4.98 Å². The van der Waals surface area contributed by atoms with E-state index in [0.717, 1.165) is 35.3 Å². The van der Waals surface area contributed by atoms with Gasteiger partial charge in [0.05, 0.1) is 19.0 Å². The van der Waals surface area contributed by atoms with Crippen molar-refractivity contribution in [2.45, 2.75) is 13.8 Å². The molecule has 0 amide bonds. The predicted octanol–water partition coefficient (Wildman–Crippen LogP) is 3.74. The highest BCUT2D eigenvalue weighted by molar-refractivity contribution is 6.34. The number of methoxy groups -OCH3 is 1. The van der Waals surface area contributed by atoms with E-state index in [1.165, 1.54) is 0 Å². The van der Waals surface area contributed by atoms with Crippen LogP contribution in [-0.4, -0.2) is 25.2 Å². The van der Waals surface area contributed by atoms with Gasteiger partial charge in [-0.25, -0.2) is 4.98 Å². The van der Waals surface area contributed by atoms with E-state index in [0.29, 0.717) is 5.15 Å². The Hall–Kier alpha value is -1.48.